The van der Waals surface area contributed by atoms with Crippen molar-refractivity contribution in [3.63, 3.8) is 0 Å². The maximum Gasteiger partial charge on any atom is 0.237 e. The van der Waals surface area contributed by atoms with Crippen molar-refractivity contribution >= 4 is 45.6 Å². The van der Waals surface area contributed by atoms with Crippen molar-refractivity contribution in [2.45, 2.75) is 24.3 Å². The third-order valence-corrected chi connectivity index (χ3v) is 5.92. The number of hydrogen-bond acceptors (Lipinski definition) is 5. The molecule has 0 saturated heterocycles. The van der Waals surface area contributed by atoms with E-state index in [-0.39, 0.29) is 11.2 Å². The van der Waals surface area contributed by atoms with Gasteiger partial charge in [0.2, 0.25) is 5.91 Å². The summed E-state index contributed by atoms with van der Waals surface area (Å²) in [5, 5.41) is 13.2. The monoisotopic (exact) mass is 405 g/mol. The number of para-hydroxylation sites is 1. The Morgan fingerprint density at radius 1 is 1.10 bits per heavy atom. The first kappa shape index (κ1) is 19.3. The number of nitrogens with zero attached hydrogens (tertiary/aromatic N) is 4. The number of carbonyl (C=O) groups excluding carboxylic acids is 1. The molecule has 7 heteroatoms. The fourth-order valence-corrected chi connectivity index (χ4v) is 4.12. The van der Waals surface area contributed by atoms with Gasteiger partial charge in [0.05, 0.1) is 10.8 Å². The summed E-state index contributed by atoms with van der Waals surface area (Å²) >= 11 is 1.40. The number of anilines is 2. The van der Waals surface area contributed by atoms with Crippen LogP contribution in [0.1, 0.15) is 12.5 Å². The summed E-state index contributed by atoms with van der Waals surface area (Å²) in [6.07, 6.45) is 0. The standard InChI is InChI=1S/C22H23N5OS/c1-14-13-20-24-25-22(27(20)19-8-6-5-7-18(14)19)29-15(2)21(28)23-16-9-11-17(12-10-16)26(3)4/h5-13,15H,1-4H3,(H,23,28). The van der Waals surface area contributed by atoms with Crippen molar-refractivity contribution in [2.75, 3.05) is 24.3 Å². The van der Waals surface area contributed by atoms with Crippen LogP contribution in [0.25, 0.3) is 16.6 Å². The van der Waals surface area contributed by atoms with Crippen LogP contribution < -0.4 is 10.2 Å². The largest absolute Gasteiger partial charge is 0.378 e. The van der Waals surface area contributed by atoms with Crippen molar-refractivity contribution in [2.24, 2.45) is 0 Å². The Bertz CT molecular complexity index is 1180. The molecule has 148 valence electrons. The number of pyridine rings is 1. The summed E-state index contributed by atoms with van der Waals surface area (Å²) in [5.74, 6) is -0.0687. The lowest BCUT2D eigenvalue weighted by atomic mass is 10.1. The minimum absolute atomic E-state index is 0.0687. The minimum Gasteiger partial charge on any atom is -0.378 e. The molecule has 0 bridgehead atoms. The summed E-state index contributed by atoms with van der Waals surface area (Å²) in [6.45, 7) is 3.95. The topological polar surface area (TPSA) is 62.5 Å². The van der Waals surface area contributed by atoms with Crippen LogP contribution in [0.15, 0.2) is 59.8 Å². The van der Waals surface area contributed by atoms with Gasteiger partial charge in [-0.3, -0.25) is 9.20 Å². The molecule has 0 saturated carbocycles. The molecule has 0 fully saturated rings. The Balaban J connectivity index is 1.56. The molecule has 6 nitrogen and oxygen atoms in total. The molecule has 2 aromatic carbocycles. The van der Waals surface area contributed by atoms with Crippen LogP contribution in [-0.4, -0.2) is 39.9 Å². The predicted octanol–water partition coefficient (Wildman–Crippen LogP) is 4.38. The second kappa shape index (κ2) is 7.75. The van der Waals surface area contributed by atoms with Gasteiger partial charge in [0.15, 0.2) is 10.8 Å². The van der Waals surface area contributed by atoms with Gasteiger partial charge in [0.1, 0.15) is 0 Å². The molecule has 0 aliphatic carbocycles. The average molecular weight is 406 g/mol. The van der Waals surface area contributed by atoms with Gasteiger partial charge in [-0.2, -0.15) is 0 Å². The van der Waals surface area contributed by atoms with E-state index >= 15 is 0 Å². The first-order valence-electron chi connectivity index (χ1n) is 9.42. The summed E-state index contributed by atoms with van der Waals surface area (Å²) in [4.78, 5) is 14.7. The molecular weight excluding hydrogens is 382 g/mol. The molecule has 2 aromatic heterocycles. The fourth-order valence-electron chi connectivity index (χ4n) is 3.25. The summed E-state index contributed by atoms with van der Waals surface area (Å²) in [7, 11) is 3.97. The maximum absolute atomic E-state index is 12.7. The Morgan fingerprint density at radius 2 is 1.83 bits per heavy atom. The Kier molecular flexibility index (Phi) is 5.15. The summed E-state index contributed by atoms with van der Waals surface area (Å²) < 4.78 is 2.02. The van der Waals surface area contributed by atoms with E-state index in [9.17, 15) is 4.79 Å². The number of carbonyl (C=O) groups is 1. The minimum atomic E-state index is -0.323. The number of fused-ring (bicyclic) bond motifs is 3. The van der Waals surface area contributed by atoms with Gasteiger partial charge in [-0.1, -0.05) is 30.0 Å². The van der Waals surface area contributed by atoms with E-state index in [1.54, 1.807) is 0 Å². The van der Waals surface area contributed by atoms with Gasteiger partial charge in [-0.25, -0.2) is 0 Å². The number of nitrogens with one attached hydrogen (secondary N) is 1. The van der Waals surface area contributed by atoms with E-state index in [0.717, 1.165) is 33.5 Å². The number of rotatable bonds is 5. The zero-order valence-electron chi connectivity index (χ0n) is 16.9. The number of aryl methyl sites for hydroxylation is 1. The molecule has 1 N–H and O–H groups in total. The molecule has 29 heavy (non-hydrogen) atoms. The predicted molar refractivity (Wildman–Crippen MR) is 120 cm³/mol. The normalized spacial score (nSPS) is 12.3. The molecule has 2 heterocycles. The molecule has 0 aliphatic rings. The summed E-state index contributed by atoms with van der Waals surface area (Å²) in [6, 6.07) is 18.0. The average Bonchev–Trinajstić information content (AvgIpc) is 3.11. The SMILES string of the molecule is Cc1cc2nnc(SC(C)C(=O)Nc3ccc(N(C)C)cc3)n2c2ccccc12. The third-order valence-electron chi connectivity index (χ3n) is 4.88. The molecule has 1 unspecified atom stereocenters. The Hall–Kier alpha value is -3.06. The number of benzene rings is 2. The van der Waals surface area contributed by atoms with E-state index in [0.29, 0.717) is 5.16 Å². The van der Waals surface area contributed by atoms with Crippen LogP contribution in [-0.2, 0) is 4.79 Å². The van der Waals surface area contributed by atoms with E-state index < -0.39 is 0 Å². The van der Waals surface area contributed by atoms with Gasteiger partial charge in [0.25, 0.3) is 0 Å². The number of amides is 1. The van der Waals surface area contributed by atoms with Crippen molar-refractivity contribution in [3.05, 3.63) is 60.2 Å². The fraction of sp³-hybridized carbons (Fsp3) is 0.227. The molecule has 1 amide bonds. The number of thioether (sulfide) groups is 1. The van der Waals surface area contributed by atoms with Gasteiger partial charge in [0, 0.05) is 30.9 Å². The van der Waals surface area contributed by atoms with Crippen LogP contribution in [0.2, 0.25) is 0 Å². The van der Waals surface area contributed by atoms with Crippen molar-refractivity contribution in [3.8, 4) is 0 Å². The van der Waals surface area contributed by atoms with E-state index in [4.69, 9.17) is 0 Å². The molecule has 0 radical (unpaired) electrons. The van der Waals surface area contributed by atoms with Gasteiger partial charge < -0.3 is 10.2 Å². The zero-order chi connectivity index (χ0) is 20.5. The molecule has 4 aromatic rings. The third kappa shape index (κ3) is 3.78. The van der Waals surface area contributed by atoms with Crippen LogP contribution in [0.4, 0.5) is 11.4 Å². The lowest BCUT2D eigenvalue weighted by Gasteiger charge is -2.14. The maximum atomic E-state index is 12.7. The highest BCUT2D eigenvalue weighted by atomic mass is 32.2. The summed E-state index contributed by atoms with van der Waals surface area (Å²) in [5.41, 5.74) is 4.85. The zero-order valence-corrected chi connectivity index (χ0v) is 17.7. The lowest BCUT2D eigenvalue weighted by Crippen LogP contribution is -2.22. The molecular formula is C22H23N5OS. The highest BCUT2D eigenvalue weighted by molar-refractivity contribution is 8.00. The number of aromatic nitrogens is 3. The molecule has 1 atom stereocenters. The second-order valence-electron chi connectivity index (χ2n) is 7.21. The van der Waals surface area contributed by atoms with Crippen LogP contribution in [0.5, 0.6) is 0 Å². The first-order valence-corrected chi connectivity index (χ1v) is 10.3. The molecule has 4 rings (SSSR count). The molecule has 0 aliphatic heterocycles. The smallest absolute Gasteiger partial charge is 0.237 e. The van der Waals surface area contributed by atoms with Crippen LogP contribution >= 0.6 is 11.8 Å². The highest BCUT2D eigenvalue weighted by Gasteiger charge is 2.19. The van der Waals surface area contributed by atoms with E-state index in [2.05, 4.69) is 34.6 Å². The van der Waals surface area contributed by atoms with Gasteiger partial charge >= 0.3 is 0 Å². The van der Waals surface area contributed by atoms with Crippen LogP contribution in [0, 0.1) is 6.92 Å². The molecule has 0 spiro atoms. The van der Waals surface area contributed by atoms with E-state index in [1.165, 1.54) is 11.8 Å². The lowest BCUT2D eigenvalue weighted by molar-refractivity contribution is -0.115. The highest BCUT2D eigenvalue weighted by Crippen LogP contribution is 2.28. The number of hydrogen-bond donors (Lipinski definition) is 1. The Morgan fingerprint density at radius 3 is 2.55 bits per heavy atom. The van der Waals surface area contributed by atoms with E-state index in [1.807, 2.05) is 72.8 Å². The van der Waals surface area contributed by atoms with Crippen molar-refractivity contribution in [1.29, 1.82) is 0 Å². The quantitative estimate of drug-likeness (QED) is 0.500. The second-order valence-corrected chi connectivity index (χ2v) is 8.52. The van der Waals surface area contributed by atoms with Crippen LogP contribution in [0.3, 0.4) is 0 Å². The Labute approximate surface area is 173 Å². The van der Waals surface area contributed by atoms with Gasteiger partial charge in [-0.15, -0.1) is 10.2 Å². The van der Waals surface area contributed by atoms with Crippen molar-refractivity contribution in [1.82, 2.24) is 14.6 Å². The first-order chi connectivity index (χ1) is 13.9. The van der Waals surface area contributed by atoms with Gasteiger partial charge in [-0.05, 0) is 55.8 Å². The van der Waals surface area contributed by atoms with Crippen molar-refractivity contribution < 1.29 is 4.79 Å².